The average Bonchev–Trinajstić information content (AvgIpc) is 2.36. The number of aromatic nitrogens is 1. The maximum Gasteiger partial charge on any atom is 0.248 e. The van der Waals surface area contributed by atoms with Gasteiger partial charge in [0.1, 0.15) is 0 Å². The van der Waals surface area contributed by atoms with Crippen LogP contribution < -0.4 is 10.3 Å². The minimum atomic E-state index is -3.19. The minimum absolute atomic E-state index is 0.152. The normalized spacial score (nSPS) is 11.4. The predicted octanol–water partition coefficient (Wildman–Crippen LogP) is 1.09. The van der Waals surface area contributed by atoms with E-state index in [0.717, 1.165) is 23.1 Å². The molecule has 0 unspecified atom stereocenters. The Bertz CT molecular complexity index is 718. The van der Waals surface area contributed by atoms with Crippen molar-refractivity contribution in [1.29, 1.82) is 0 Å². The van der Waals surface area contributed by atoms with Crippen molar-refractivity contribution >= 4 is 10.0 Å². The maximum atomic E-state index is 11.2. The molecular formula is C13H14N2O3S. The van der Waals surface area contributed by atoms with E-state index in [-0.39, 0.29) is 12.1 Å². The summed E-state index contributed by atoms with van der Waals surface area (Å²) in [5.41, 5.74) is 2.31. The molecule has 0 saturated carbocycles. The highest BCUT2D eigenvalue weighted by atomic mass is 32.2. The van der Waals surface area contributed by atoms with Gasteiger partial charge in [-0.2, -0.15) is 0 Å². The van der Waals surface area contributed by atoms with Crippen LogP contribution in [0, 0.1) is 0 Å². The van der Waals surface area contributed by atoms with Gasteiger partial charge >= 0.3 is 0 Å². The molecule has 19 heavy (non-hydrogen) atoms. The SMILES string of the molecule is CS(=O)(=O)NCc1ccc(-c2cccc(=O)[nH]2)cc1. The van der Waals surface area contributed by atoms with E-state index in [2.05, 4.69) is 9.71 Å². The third-order valence-electron chi connectivity index (χ3n) is 2.57. The Morgan fingerprint density at radius 1 is 1.11 bits per heavy atom. The maximum absolute atomic E-state index is 11.2. The second-order valence-electron chi connectivity index (χ2n) is 4.22. The van der Waals surface area contributed by atoms with Crippen LogP contribution >= 0.6 is 0 Å². The summed E-state index contributed by atoms with van der Waals surface area (Å²) >= 11 is 0. The number of sulfonamides is 1. The largest absolute Gasteiger partial charge is 0.322 e. The predicted molar refractivity (Wildman–Crippen MR) is 74.2 cm³/mol. The summed E-state index contributed by atoms with van der Waals surface area (Å²) in [6.07, 6.45) is 1.12. The zero-order valence-corrected chi connectivity index (χ0v) is 11.2. The van der Waals surface area contributed by atoms with Crippen molar-refractivity contribution in [2.24, 2.45) is 0 Å². The molecule has 0 saturated heterocycles. The van der Waals surface area contributed by atoms with Gasteiger partial charge in [0, 0.05) is 18.3 Å². The number of rotatable bonds is 4. The summed E-state index contributed by atoms with van der Waals surface area (Å²) in [5, 5.41) is 0. The van der Waals surface area contributed by atoms with Crippen LogP contribution in [0.4, 0.5) is 0 Å². The van der Waals surface area contributed by atoms with E-state index in [1.54, 1.807) is 6.07 Å². The van der Waals surface area contributed by atoms with E-state index in [1.807, 2.05) is 30.3 Å². The molecule has 2 aromatic rings. The standard InChI is InChI=1S/C13H14N2O3S/c1-19(17,18)14-9-10-5-7-11(8-6-10)12-3-2-4-13(16)15-12/h2-8,14H,9H2,1H3,(H,15,16). The number of nitrogens with one attached hydrogen (secondary N) is 2. The minimum Gasteiger partial charge on any atom is -0.322 e. The van der Waals surface area contributed by atoms with Gasteiger partial charge in [-0.15, -0.1) is 0 Å². The molecule has 0 spiro atoms. The zero-order chi connectivity index (χ0) is 13.9. The Balaban J connectivity index is 2.17. The van der Waals surface area contributed by atoms with E-state index in [0.29, 0.717) is 0 Å². The molecule has 2 N–H and O–H groups in total. The van der Waals surface area contributed by atoms with Gasteiger partial charge in [-0.05, 0) is 17.2 Å². The van der Waals surface area contributed by atoms with Gasteiger partial charge in [0.25, 0.3) is 0 Å². The fourth-order valence-corrected chi connectivity index (χ4v) is 2.06. The molecule has 0 aliphatic carbocycles. The zero-order valence-electron chi connectivity index (χ0n) is 10.4. The number of H-pyrrole nitrogens is 1. The summed E-state index contributed by atoms with van der Waals surface area (Å²) < 4.78 is 24.4. The molecule has 2 rings (SSSR count). The first-order valence-electron chi connectivity index (χ1n) is 5.67. The third-order valence-corrected chi connectivity index (χ3v) is 3.24. The monoisotopic (exact) mass is 278 g/mol. The van der Waals surface area contributed by atoms with Gasteiger partial charge in [0.05, 0.1) is 6.26 Å². The van der Waals surface area contributed by atoms with Crippen molar-refractivity contribution in [3.63, 3.8) is 0 Å². The van der Waals surface area contributed by atoms with Crippen LogP contribution in [0.2, 0.25) is 0 Å². The highest BCUT2D eigenvalue weighted by molar-refractivity contribution is 7.88. The number of benzene rings is 1. The summed E-state index contributed by atoms with van der Waals surface area (Å²) in [4.78, 5) is 13.9. The molecule has 0 aliphatic heterocycles. The molecule has 0 radical (unpaired) electrons. The highest BCUT2D eigenvalue weighted by Crippen LogP contribution is 2.15. The molecule has 1 aromatic heterocycles. The van der Waals surface area contributed by atoms with Gasteiger partial charge < -0.3 is 4.98 Å². The number of pyridine rings is 1. The quantitative estimate of drug-likeness (QED) is 0.878. The van der Waals surface area contributed by atoms with Crippen LogP contribution in [-0.4, -0.2) is 19.7 Å². The Hall–Kier alpha value is -1.92. The van der Waals surface area contributed by atoms with E-state index < -0.39 is 10.0 Å². The van der Waals surface area contributed by atoms with Crippen LogP contribution in [0.3, 0.4) is 0 Å². The molecular weight excluding hydrogens is 264 g/mol. The smallest absolute Gasteiger partial charge is 0.248 e. The van der Waals surface area contributed by atoms with E-state index in [9.17, 15) is 13.2 Å². The molecule has 1 aromatic carbocycles. The third kappa shape index (κ3) is 4.04. The lowest BCUT2D eigenvalue weighted by Crippen LogP contribution is -2.21. The molecule has 1 heterocycles. The van der Waals surface area contributed by atoms with E-state index in [4.69, 9.17) is 0 Å². The van der Waals surface area contributed by atoms with Crippen molar-refractivity contribution in [3.8, 4) is 11.3 Å². The van der Waals surface area contributed by atoms with Crippen LogP contribution in [-0.2, 0) is 16.6 Å². The number of aromatic amines is 1. The second-order valence-corrected chi connectivity index (χ2v) is 6.05. The van der Waals surface area contributed by atoms with E-state index >= 15 is 0 Å². The van der Waals surface area contributed by atoms with E-state index in [1.165, 1.54) is 6.07 Å². The molecule has 0 aliphatic rings. The van der Waals surface area contributed by atoms with Gasteiger partial charge in [-0.3, -0.25) is 4.79 Å². The lowest BCUT2D eigenvalue weighted by atomic mass is 10.1. The summed E-state index contributed by atoms with van der Waals surface area (Å²) in [5.74, 6) is 0. The van der Waals surface area contributed by atoms with Gasteiger partial charge in [-0.25, -0.2) is 13.1 Å². The Labute approximate surface area is 111 Å². The van der Waals surface area contributed by atoms with Crippen molar-refractivity contribution in [3.05, 3.63) is 58.4 Å². The first-order valence-corrected chi connectivity index (χ1v) is 7.56. The molecule has 0 atom stereocenters. The first-order chi connectivity index (χ1) is 8.94. The lowest BCUT2D eigenvalue weighted by molar-refractivity contribution is 0.587. The van der Waals surface area contributed by atoms with Crippen molar-refractivity contribution in [2.45, 2.75) is 6.54 Å². The number of hydrogen-bond acceptors (Lipinski definition) is 3. The van der Waals surface area contributed by atoms with Crippen molar-refractivity contribution in [2.75, 3.05) is 6.26 Å². The van der Waals surface area contributed by atoms with Crippen LogP contribution in [0.15, 0.2) is 47.3 Å². The van der Waals surface area contributed by atoms with Gasteiger partial charge in [0.15, 0.2) is 0 Å². The fraction of sp³-hybridized carbons (Fsp3) is 0.154. The fourth-order valence-electron chi connectivity index (χ4n) is 1.63. The molecule has 0 bridgehead atoms. The Morgan fingerprint density at radius 2 is 1.79 bits per heavy atom. The molecule has 100 valence electrons. The van der Waals surface area contributed by atoms with Gasteiger partial charge in [0.2, 0.25) is 15.6 Å². The average molecular weight is 278 g/mol. The Morgan fingerprint density at radius 3 is 2.37 bits per heavy atom. The topological polar surface area (TPSA) is 79.0 Å². The first kappa shape index (κ1) is 13.5. The molecule has 0 amide bonds. The molecule has 5 nitrogen and oxygen atoms in total. The molecule has 0 fully saturated rings. The second kappa shape index (κ2) is 5.38. The highest BCUT2D eigenvalue weighted by Gasteiger charge is 2.02. The summed E-state index contributed by atoms with van der Waals surface area (Å²) in [6, 6.07) is 12.3. The van der Waals surface area contributed by atoms with Crippen LogP contribution in [0.1, 0.15) is 5.56 Å². The van der Waals surface area contributed by atoms with Crippen molar-refractivity contribution in [1.82, 2.24) is 9.71 Å². The lowest BCUT2D eigenvalue weighted by Gasteiger charge is -2.05. The van der Waals surface area contributed by atoms with Gasteiger partial charge in [-0.1, -0.05) is 30.3 Å². The number of hydrogen-bond donors (Lipinski definition) is 2. The van der Waals surface area contributed by atoms with Crippen LogP contribution in [0.5, 0.6) is 0 Å². The summed E-state index contributed by atoms with van der Waals surface area (Å²) in [6.45, 7) is 0.254. The summed E-state index contributed by atoms with van der Waals surface area (Å²) in [7, 11) is -3.19. The van der Waals surface area contributed by atoms with Crippen molar-refractivity contribution < 1.29 is 8.42 Å². The Kier molecular flexibility index (Phi) is 3.82. The molecule has 6 heteroatoms. The van der Waals surface area contributed by atoms with Crippen LogP contribution in [0.25, 0.3) is 11.3 Å².